The summed E-state index contributed by atoms with van der Waals surface area (Å²) in [5, 5.41) is 11.8. The fourth-order valence-corrected chi connectivity index (χ4v) is 4.59. The zero-order valence-corrected chi connectivity index (χ0v) is 15.1. The Labute approximate surface area is 155 Å². The first-order valence-corrected chi connectivity index (χ1v) is 9.21. The van der Waals surface area contributed by atoms with Crippen LogP contribution in [-0.4, -0.2) is 41.2 Å². The SMILES string of the molecule is CN/C(=C\N)c1nc(N2CC3C(CC(=O)O)C3C2)c2c(n1)C(F)(F)CCC2. The first-order valence-electron chi connectivity index (χ1n) is 9.21. The number of hydrogen-bond donors (Lipinski definition) is 3. The van der Waals surface area contributed by atoms with E-state index in [0.29, 0.717) is 54.8 Å². The normalized spacial score (nSPS) is 28.5. The Balaban J connectivity index is 1.69. The van der Waals surface area contributed by atoms with E-state index < -0.39 is 11.9 Å². The van der Waals surface area contributed by atoms with E-state index in [4.69, 9.17) is 10.8 Å². The number of aliphatic carboxylic acids is 1. The van der Waals surface area contributed by atoms with Gasteiger partial charge in [-0.2, -0.15) is 8.78 Å². The number of nitrogens with two attached hydrogens (primary N) is 1. The van der Waals surface area contributed by atoms with Crippen LogP contribution in [0.2, 0.25) is 0 Å². The van der Waals surface area contributed by atoms with Gasteiger partial charge in [0.25, 0.3) is 5.92 Å². The molecule has 1 saturated heterocycles. The van der Waals surface area contributed by atoms with Crippen molar-refractivity contribution in [1.29, 1.82) is 0 Å². The number of halogens is 2. The molecule has 2 unspecified atom stereocenters. The maximum absolute atomic E-state index is 14.6. The number of rotatable bonds is 5. The van der Waals surface area contributed by atoms with Crippen LogP contribution < -0.4 is 16.0 Å². The average Bonchev–Trinajstić information content (AvgIpc) is 3.04. The lowest BCUT2D eigenvalue weighted by Crippen LogP contribution is -2.32. The molecule has 1 saturated carbocycles. The number of aromatic nitrogens is 2. The van der Waals surface area contributed by atoms with Crippen LogP contribution >= 0.6 is 0 Å². The van der Waals surface area contributed by atoms with Gasteiger partial charge in [0.2, 0.25) is 0 Å². The predicted molar refractivity (Wildman–Crippen MR) is 95.0 cm³/mol. The van der Waals surface area contributed by atoms with E-state index in [1.54, 1.807) is 7.05 Å². The van der Waals surface area contributed by atoms with Crippen LogP contribution in [0.15, 0.2) is 6.20 Å². The lowest BCUT2D eigenvalue weighted by Gasteiger charge is -2.30. The molecule has 7 nitrogen and oxygen atoms in total. The Bertz CT molecular complexity index is 801. The van der Waals surface area contributed by atoms with Gasteiger partial charge in [-0.25, -0.2) is 9.97 Å². The third-order valence-electron chi connectivity index (χ3n) is 6.01. The minimum Gasteiger partial charge on any atom is -0.481 e. The molecule has 2 atom stereocenters. The summed E-state index contributed by atoms with van der Waals surface area (Å²) in [6.45, 7) is 1.30. The lowest BCUT2D eigenvalue weighted by molar-refractivity contribution is -0.137. The van der Waals surface area contributed by atoms with Crippen LogP contribution in [0, 0.1) is 17.8 Å². The minimum absolute atomic E-state index is 0.165. The highest BCUT2D eigenvalue weighted by atomic mass is 19.3. The van der Waals surface area contributed by atoms with Gasteiger partial charge >= 0.3 is 5.97 Å². The van der Waals surface area contributed by atoms with Crippen LogP contribution in [0.3, 0.4) is 0 Å². The summed E-state index contributed by atoms with van der Waals surface area (Å²) in [5.74, 6) is -2.27. The molecule has 2 heterocycles. The molecule has 4 rings (SSSR count). The van der Waals surface area contributed by atoms with Gasteiger partial charge in [-0.15, -0.1) is 0 Å². The van der Waals surface area contributed by atoms with Gasteiger partial charge in [0.05, 0.1) is 5.70 Å². The average molecular weight is 379 g/mol. The molecule has 146 valence electrons. The molecule has 27 heavy (non-hydrogen) atoms. The molecule has 1 aliphatic heterocycles. The molecule has 0 radical (unpaired) electrons. The second-order valence-corrected chi connectivity index (χ2v) is 7.58. The molecule has 9 heteroatoms. The van der Waals surface area contributed by atoms with Crippen molar-refractivity contribution in [2.45, 2.75) is 31.6 Å². The van der Waals surface area contributed by atoms with Crippen molar-refractivity contribution < 1.29 is 18.7 Å². The number of nitrogens with zero attached hydrogens (tertiary/aromatic N) is 3. The quantitative estimate of drug-likeness (QED) is 0.713. The van der Waals surface area contributed by atoms with Crippen LogP contribution in [0.4, 0.5) is 14.6 Å². The highest BCUT2D eigenvalue weighted by Gasteiger charge is 2.57. The van der Waals surface area contributed by atoms with Crippen LogP contribution in [0.5, 0.6) is 0 Å². The van der Waals surface area contributed by atoms with Gasteiger partial charge in [-0.05, 0) is 30.6 Å². The van der Waals surface area contributed by atoms with E-state index in [9.17, 15) is 13.6 Å². The molecular formula is C18H23F2N5O2. The molecule has 4 N–H and O–H groups in total. The summed E-state index contributed by atoms with van der Waals surface area (Å²) in [6, 6.07) is 0. The van der Waals surface area contributed by atoms with Crippen LogP contribution in [0.25, 0.3) is 5.70 Å². The highest BCUT2D eigenvalue weighted by molar-refractivity contribution is 5.68. The van der Waals surface area contributed by atoms with Crippen LogP contribution in [-0.2, 0) is 17.1 Å². The highest BCUT2D eigenvalue weighted by Crippen LogP contribution is 2.55. The van der Waals surface area contributed by atoms with Crippen molar-refractivity contribution in [3.8, 4) is 0 Å². The number of nitrogens with one attached hydrogen (secondary N) is 1. The van der Waals surface area contributed by atoms with Gasteiger partial charge < -0.3 is 21.1 Å². The first kappa shape index (κ1) is 17.9. The molecule has 1 aromatic rings. The Morgan fingerprint density at radius 1 is 1.41 bits per heavy atom. The summed E-state index contributed by atoms with van der Waals surface area (Å²) < 4.78 is 29.1. The zero-order chi connectivity index (χ0) is 19.3. The van der Waals surface area contributed by atoms with Crippen molar-refractivity contribution in [3.05, 3.63) is 23.3 Å². The largest absolute Gasteiger partial charge is 0.481 e. The number of carboxylic acid groups (broad SMARTS) is 1. The van der Waals surface area contributed by atoms with Gasteiger partial charge in [-0.3, -0.25) is 4.79 Å². The third kappa shape index (κ3) is 2.98. The van der Waals surface area contributed by atoms with E-state index in [1.807, 2.05) is 4.90 Å². The van der Waals surface area contributed by atoms with Gasteiger partial charge in [0.1, 0.15) is 11.5 Å². The Hall–Kier alpha value is -2.45. The first-order chi connectivity index (χ1) is 12.9. The van der Waals surface area contributed by atoms with E-state index >= 15 is 0 Å². The lowest BCUT2D eigenvalue weighted by atomic mass is 9.92. The van der Waals surface area contributed by atoms with E-state index in [-0.39, 0.29) is 30.3 Å². The fraction of sp³-hybridized carbons (Fsp3) is 0.611. The van der Waals surface area contributed by atoms with Crippen molar-refractivity contribution in [1.82, 2.24) is 15.3 Å². The second kappa shape index (κ2) is 6.31. The van der Waals surface area contributed by atoms with Gasteiger partial charge in [0.15, 0.2) is 5.82 Å². The Kier molecular flexibility index (Phi) is 4.20. The number of anilines is 1. The van der Waals surface area contributed by atoms with E-state index in [1.165, 1.54) is 6.20 Å². The molecule has 1 aromatic heterocycles. The number of piperidine rings is 1. The maximum Gasteiger partial charge on any atom is 0.303 e. The number of hydrogen-bond acceptors (Lipinski definition) is 6. The molecule has 2 aliphatic carbocycles. The summed E-state index contributed by atoms with van der Waals surface area (Å²) in [6.07, 6.45) is 2.14. The van der Waals surface area contributed by atoms with Gasteiger partial charge in [-0.1, -0.05) is 0 Å². The van der Waals surface area contributed by atoms with Crippen molar-refractivity contribution in [2.75, 3.05) is 25.0 Å². The zero-order valence-electron chi connectivity index (χ0n) is 15.1. The van der Waals surface area contributed by atoms with E-state index in [0.717, 1.165) is 0 Å². The molecule has 0 bridgehead atoms. The maximum atomic E-state index is 14.6. The predicted octanol–water partition coefficient (Wildman–Crippen LogP) is 1.54. The summed E-state index contributed by atoms with van der Waals surface area (Å²) in [7, 11) is 1.64. The monoisotopic (exact) mass is 379 g/mol. The topological polar surface area (TPSA) is 104 Å². The molecular weight excluding hydrogens is 356 g/mol. The molecule has 0 amide bonds. The molecule has 3 aliphatic rings. The van der Waals surface area contributed by atoms with Gasteiger partial charge in [0, 0.05) is 44.7 Å². The molecule has 0 spiro atoms. The fourth-order valence-electron chi connectivity index (χ4n) is 4.59. The molecule has 0 aromatic carbocycles. The second-order valence-electron chi connectivity index (χ2n) is 7.58. The Morgan fingerprint density at radius 2 is 2.11 bits per heavy atom. The number of carboxylic acids is 1. The smallest absolute Gasteiger partial charge is 0.303 e. The summed E-state index contributed by atoms with van der Waals surface area (Å²) in [4.78, 5) is 21.7. The summed E-state index contributed by atoms with van der Waals surface area (Å²) >= 11 is 0. The third-order valence-corrected chi connectivity index (χ3v) is 6.01. The number of alkyl halides is 2. The van der Waals surface area contributed by atoms with Crippen LogP contribution in [0.1, 0.15) is 36.3 Å². The standard InChI is InChI=1S/C18H23F2N5O2/c1-22-13(6-21)16-23-15-9(3-2-4-18(15,19)20)17(24-16)25-7-11-10(5-14(26)27)12(11)8-25/h6,10-12,22H,2-5,7-8,21H2,1H3,(H,26,27)/b13-6-. The van der Waals surface area contributed by atoms with E-state index in [2.05, 4.69) is 15.3 Å². The van der Waals surface area contributed by atoms with Crippen molar-refractivity contribution in [3.63, 3.8) is 0 Å². The van der Waals surface area contributed by atoms with Crippen molar-refractivity contribution in [2.24, 2.45) is 23.5 Å². The minimum atomic E-state index is -2.98. The number of fused-ring (bicyclic) bond motifs is 2. The summed E-state index contributed by atoms with van der Waals surface area (Å²) in [5.41, 5.74) is 6.30. The number of carbonyl (C=O) groups is 1. The Morgan fingerprint density at radius 3 is 2.70 bits per heavy atom. The van der Waals surface area contributed by atoms with Crippen molar-refractivity contribution >= 4 is 17.5 Å². The molecule has 2 fully saturated rings.